The van der Waals surface area contributed by atoms with Gasteiger partial charge in [-0.1, -0.05) is 0 Å². The van der Waals surface area contributed by atoms with Gasteiger partial charge in [0.05, 0.1) is 5.69 Å². The van der Waals surface area contributed by atoms with Crippen LogP contribution >= 0.6 is 0 Å². The average Bonchev–Trinajstić information content (AvgIpc) is 2.03. The van der Waals surface area contributed by atoms with E-state index >= 15 is 0 Å². The molecule has 0 aliphatic carbocycles. The summed E-state index contributed by atoms with van der Waals surface area (Å²) in [6.07, 6.45) is 1.20. The number of aromatic nitrogens is 1. The van der Waals surface area contributed by atoms with E-state index in [9.17, 15) is 8.42 Å². The maximum Gasteiger partial charge on any atom is 0.239 e. The molecule has 72 valence electrons. The Morgan fingerprint density at radius 1 is 1.46 bits per heavy atom. The van der Waals surface area contributed by atoms with Crippen LogP contribution in [0.15, 0.2) is 23.2 Å². The molecular formula is C7H11N3O2S. The highest BCUT2D eigenvalue weighted by Crippen LogP contribution is 2.09. The first-order valence-corrected chi connectivity index (χ1v) is 5.20. The lowest BCUT2D eigenvalue weighted by Gasteiger charge is -2.04. The first kappa shape index (κ1) is 10.1. The maximum atomic E-state index is 10.8. The summed E-state index contributed by atoms with van der Waals surface area (Å²) in [5.41, 5.74) is 6.16. The smallest absolute Gasteiger partial charge is 0.239 e. The number of sulfonamides is 1. The SMILES string of the molecule is CC(N)c1ccc(S(N)(=O)=O)cn1. The zero-order chi connectivity index (χ0) is 10.1. The molecule has 0 bridgehead atoms. The first-order valence-electron chi connectivity index (χ1n) is 3.65. The van der Waals surface area contributed by atoms with Gasteiger partial charge in [0, 0.05) is 12.2 Å². The molecule has 0 aliphatic rings. The summed E-state index contributed by atoms with van der Waals surface area (Å²) in [5, 5.41) is 4.88. The number of rotatable bonds is 2. The molecular weight excluding hydrogens is 190 g/mol. The van der Waals surface area contributed by atoms with E-state index in [1.165, 1.54) is 12.3 Å². The van der Waals surface area contributed by atoms with E-state index in [2.05, 4.69) is 4.98 Å². The topological polar surface area (TPSA) is 99.1 Å². The quantitative estimate of drug-likeness (QED) is 0.689. The minimum absolute atomic E-state index is 0.00287. The molecule has 1 aromatic rings. The second-order valence-corrected chi connectivity index (χ2v) is 4.31. The van der Waals surface area contributed by atoms with E-state index in [1.807, 2.05) is 0 Å². The Hall–Kier alpha value is -0.980. The van der Waals surface area contributed by atoms with Crippen molar-refractivity contribution in [1.29, 1.82) is 0 Å². The van der Waals surface area contributed by atoms with Crippen LogP contribution in [0.5, 0.6) is 0 Å². The lowest BCUT2D eigenvalue weighted by Crippen LogP contribution is -2.13. The van der Waals surface area contributed by atoms with E-state index in [0.29, 0.717) is 5.69 Å². The third-order valence-electron chi connectivity index (χ3n) is 1.55. The highest BCUT2D eigenvalue weighted by Gasteiger charge is 2.08. The Kier molecular flexibility index (Phi) is 2.65. The van der Waals surface area contributed by atoms with Crippen molar-refractivity contribution in [2.75, 3.05) is 0 Å². The Labute approximate surface area is 76.8 Å². The van der Waals surface area contributed by atoms with Crippen LogP contribution in [-0.2, 0) is 10.0 Å². The highest BCUT2D eigenvalue weighted by molar-refractivity contribution is 7.89. The van der Waals surface area contributed by atoms with E-state index in [-0.39, 0.29) is 10.9 Å². The molecule has 0 fully saturated rings. The second kappa shape index (κ2) is 3.41. The van der Waals surface area contributed by atoms with Gasteiger partial charge in [0.15, 0.2) is 0 Å². The van der Waals surface area contributed by atoms with Crippen LogP contribution in [0.3, 0.4) is 0 Å². The predicted molar refractivity (Wildman–Crippen MR) is 48.2 cm³/mol. The average molecular weight is 201 g/mol. The molecule has 0 spiro atoms. The Morgan fingerprint density at radius 2 is 2.08 bits per heavy atom. The van der Waals surface area contributed by atoms with E-state index < -0.39 is 10.0 Å². The third-order valence-corrected chi connectivity index (χ3v) is 2.45. The van der Waals surface area contributed by atoms with Crippen LogP contribution in [-0.4, -0.2) is 13.4 Å². The van der Waals surface area contributed by atoms with Crippen molar-refractivity contribution < 1.29 is 8.42 Å². The van der Waals surface area contributed by atoms with Crippen LogP contribution in [0, 0.1) is 0 Å². The molecule has 0 saturated carbocycles. The van der Waals surface area contributed by atoms with Crippen molar-refractivity contribution >= 4 is 10.0 Å². The van der Waals surface area contributed by atoms with Gasteiger partial charge in [0.25, 0.3) is 0 Å². The third kappa shape index (κ3) is 2.48. The lowest BCUT2D eigenvalue weighted by atomic mass is 10.2. The fourth-order valence-corrected chi connectivity index (χ4v) is 1.29. The number of hydrogen-bond acceptors (Lipinski definition) is 4. The summed E-state index contributed by atoms with van der Waals surface area (Å²) >= 11 is 0. The summed E-state index contributed by atoms with van der Waals surface area (Å²) < 4.78 is 21.6. The van der Waals surface area contributed by atoms with Gasteiger partial charge in [-0.15, -0.1) is 0 Å². The Balaban J connectivity index is 3.08. The molecule has 0 amide bonds. The van der Waals surface area contributed by atoms with Gasteiger partial charge in [-0.3, -0.25) is 4.98 Å². The van der Waals surface area contributed by atoms with Crippen molar-refractivity contribution in [1.82, 2.24) is 4.98 Å². The number of hydrogen-bond donors (Lipinski definition) is 2. The molecule has 4 N–H and O–H groups in total. The standard InChI is InChI=1S/C7H11N3O2S/c1-5(8)7-3-2-6(4-10-7)13(9,11)12/h2-5H,8H2,1H3,(H2,9,11,12). The van der Waals surface area contributed by atoms with Gasteiger partial charge in [-0.25, -0.2) is 13.6 Å². The van der Waals surface area contributed by atoms with Gasteiger partial charge < -0.3 is 5.73 Å². The van der Waals surface area contributed by atoms with Crippen LogP contribution in [0.2, 0.25) is 0 Å². The van der Waals surface area contributed by atoms with Gasteiger partial charge in [0.1, 0.15) is 4.90 Å². The number of primary sulfonamides is 1. The van der Waals surface area contributed by atoms with Gasteiger partial charge in [0.2, 0.25) is 10.0 Å². The van der Waals surface area contributed by atoms with Gasteiger partial charge >= 0.3 is 0 Å². The lowest BCUT2D eigenvalue weighted by molar-refractivity contribution is 0.597. The van der Waals surface area contributed by atoms with Crippen LogP contribution in [0.4, 0.5) is 0 Å². The molecule has 5 nitrogen and oxygen atoms in total. The first-order chi connectivity index (χ1) is 5.91. The number of pyridine rings is 1. The van der Waals surface area contributed by atoms with Crippen molar-refractivity contribution in [2.24, 2.45) is 10.9 Å². The molecule has 13 heavy (non-hydrogen) atoms. The molecule has 6 heteroatoms. The van der Waals surface area contributed by atoms with Crippen LogP contribution < -0.4 is 10.9 Å². The summed E-state index contributed by atoms with van der Waals surface area (Å²) in [4.78, 5) is 3.86. The monoisotopic (exact) mass is 201 g/mol. The summed E-state index contributed by atoms with van der Waals surface area (Å²) in [5.74, 6) is 0. The normalized spacial score (nSPS) is 14.1. The minimum Gasteiger partial charge on any atom is -0.323 e. The zero-order valence-electron chi connectivity index (χ0n) is 7.14. The maximum absolute atomic E-state index is 10.8. The zero-order valence-corrected chi connectivity index (χ0v) is 7.95. The van der Waals surface area contributed by atoms with Crippen LogP contribution in [0.1, 0.15) is 18.7 Å². The minimum atomic E-state index is -3.65. The fraction of sp³-hybridized carbons (Fsp3) is 0.286. The molecule has 0 saturated heterocycles. The molecule has 1 rings (SSSR count). The van der Waals surface area contributed by atoms with Crippen molar-refractivity contribution in [3.8, 4) is 0 Å². The molecule has 1 atom stereocenters. The van der Waals surface area contributed by atoms with Crippen LogP contribution in [0.25, 0.3) is 0 Å². The van der Waals surface area contributed by atoms with Gasteiger partial charge in [-0.2, -0.15) is 0 Å². The molecule has 1 heterocycles. The molecule has 1 unspecified atom stereocenters. The highest BCUT2D eigenvalue weighted by atomic mass is 32.2. The Morgan fingerprint density at radius 3 is 2.38 bits per heavy atom. The second-order valence-electron chi connectivity index (χ2n) is 2.75. The van der Waals surface area contributed by atoms with Crippen molar-refractivity contribution in [2.45, 2.75) is 17.9 Å². The van der Waals surface area contributed by atoms with Crippen molar-refractivity contribution in [3.05, 3.63) is 24.0 Å². The molecule has 0 aromatic carbocycles. The Bertz CT molecular complexity index is 383. The van der Waals surface area contributed by atoms with Crippen molar-refractivity contribution in [3.63, 3.8) is 0 Å². The summed E-state index contributed by atoms with van der Waals surface area (Å²) in [7, 11) is -3.65. The molecule has 0 radical (unpaired) electrons. The number of nitrogens with zero attached hydrogens (tertiary/aromatic N) is 1. The number of nitrogens with two attached hydrogens (primary N) is 2. The molecule has 1 aromatic heterocycles. The van der Waals surface area contributed by atoms with E-state index in [0.717, 1.165) is 0 Å². The fourth-order valence-electron chi connectivity index (χ4n) is 0.829. The van der Waals surface area contributed by atoms with E-state index in [1.54, 1.807) is 13.0 Å². The van der Waals surface area contributed by atoms with Gasteiger partial charge in [-0.05, 0) is 19.1 Å². The summed E-state index contributed by atoms with van der Waals surface area (Å²) in [6, 6.07) is 2.72. The summed E-state index contributed by atoms with van der Waals surface area (Å²) in [6.45, 7) is 1.76. The largest absolute Gasteiger partial charge is 0.323 e. The van der Waals surface area contributed by atoms with E-state index in [4.69, 9.17) is 10.9 Å². The predicted octanol–water partition coefficient (Wildman–Crippen LogP) is -0.251. The molecule has 0 aliphatic heterocycles.